The maximum absolute atomic E-state index is 12.0. The van der Waals surface area contributed by atoms with Gasteiger partial charge in [-0.1, -0.05) is 18.2 Å². The first-order chi connectivity index (χ1) is 17.2. The number of methoxy groups -OCH3 is 2. The molecular weight excluding hydrogens is 474 g/mol. The Morgan fingerprint density at radius 2 is 1.56 bits per heavy atom. The van der Waals surface area contributed by atoms with Gasteiger partial charge < -0.3 is 19.9 Å². The second-order valence-corrected chi connectivity index (χ2v) is 8.73. The second-order valence-electron chi connectivity index (χ2n) is 8.31. The zero-order chi connectivity index (χ0) is 26.0. The topological polar surface area (TPSA) is 86.9 Å². The molecule has 0 spiro atoms. The minimum atomic E-state index is -0.250. The summed E-state index contributed by atoms with van der Waals surface area (Å²) in [6, 6.07) is 17.6. The van der Waals surface area contributed by atoms with Crippen LogP contribution in [0.5, 0.6) is 23.0 Å². The monoisotopic (exact) mass is 501 g/mol. The Balaban J connectivity index is 0.000000434. The molecule has 0 fully saturated rings. The van der Waals surface area contributed by atoms with Crippen LogP contribution >= 0.6 is 12.2 Å². The normalized spacial score (nSPS) is 10.7. The van der Waals surface area contributed by atoms with Crippen molar-refractivity contribution >= 4 is 39.8 Å². The van der Waals surface area contributed by atoms with Crippen LogP contribution in [-0.4, -0.2) is 30.2 Å². The Morgan fingerprint density at radius 1 is 0.889 bits per heavy atom. The summed E-state index contributed by atoms with van der Waals surface area (Å²) in [5.74, 6) is 2.19. The van der Waals surface area contributed by atoms with Crippen LogP contribution in [0.25, 0.3) is 22.0 Å². The molecule has 8 heteroatoms. The molecule has 0 unspecified atom stereocenters. The van der Waals surface area contributed by atoms with E-state index >= 15 is 0 Å². The van der Waals surface area contributed by atoms with Gasteiger partial charge in [0.15, 0.2) is 16.6 Å². The fourth-order valence-electron chi connectivity index (χ4n) is 3.90. The zero-order valence-corrected chi connectivity index (χ0v) is 21.6. The lowest BCUT2D eigenvalue weighted by molar-refractivity contribution is -0.115. The first kappa shape index (κ1) is 24.9. The number of anilines is 1. The van der Waals surface area contributed by atoms with E-state index in [1.807, 2.05) is 32.0 Å². The SMILES string of the molecule is COc1cc2nccc(Oc3cc(C)c(N(C(C)=O)C(N)=S)cc3C)c2cc1OC.c1cc2cc-2c1. The van der Waals surface area contributed by atoms with Gasteiger partial charge in [-0.05, 0) is 78.7 Å². The number of hydrogen-bond acceptors (Lipinski definition) is 6. The Hall–Kier alpha value is -4.17. The summed E-state index contributed by atoms with van der Waals surface area (Å²) in [7, 11) is 3.16. The van der Waals surface area contributed by atoms with Crippen molar-refractivity contribution in [3.05, 3.63) is 71.9 Å². The van der Waals surface area contributed by atoms with Crippen molar-refractivity contribution in [1.29, 1.82) is 0 Å². The van der Waals surface area contributed by atoms with Crippen molar-refractivity contribution in [2.24, 2.45) is 5.73 Å². The van der Waals surface area contributed by atoms with Crippen molar-refractivity contribution in [1.82, 2.24) is 4.98 Å². The molecule has 0 saturated heterocycles. The Kier molecular flexibility index (Phi) is 7.07. The van der Waals surface area contributed by atoms with Gasteiger partial charge in [0.25, 0.3) is 0 Å². The molecule has 0 bridgehead atoms. The van der Waals surface area contributed by atoms with Crippen LogP contribution in [0.3, 0.4) is 0 Å². The van der Waals surface area contributed by atoms with Crippen molar-refractivity contribution in [3.8, 4) is 34.1 Å². The molecule has 1 aromatic heterocycles. The summed E-state index contributed by atoms with van der Waals surface area (Å²) in [6.07, 6.45) is 1.67. The average molecular weight is 502 g/mol. The third-order valence-corrected chi connectivity index (χ3v) is 5.99. The number of rotatable bonds is 5. The minimum Gasteiger partial charge on any atom is -0.493 e. The highest BCUT2D eigenvalue weighted by atomic mass is 32.1. The molecule has 1 heterocycles. The zero-order valence-electron chi connectivity index (χ0n) is 20.8. The number of ether oxygens (including phenoxy) is 3. The number of fused-ring (bicyclic) bond motifs is 2. The van der Waals surface area contributed by atoms with Crippen molar-refractivity contribution in [3.63, 3.8) is 0 Å². The van der Waals surface area contributed by atoms with Crippen LogP contribution in [0.15, 0.2) is 60.8 Å². The number of carbonyl (C=O) groups is 1. The molecular formula is C28H27N3O4S. The lowest BCUT2D eigenvalue weighted by Crippen LogP contribution is -2.39. The maximum atomic E-state index is 12.0. The van der Waals surface area contributed by atoms with E-state index in [1.165, 1.54) is 23.0 Å². The smallest absolute Gasteiger partial charge is 0.230 e. The standard InChI is InChI=1S/C22H23N3O4S.C6H4/c1-12-9-19(13(2)8-17(12)25(14(3)26)22(23)30)29-18-6-7-24-16-11-21(28-5)20(27-4)10-15(16)18;1-2-5-4-6(5)3-1/h6-11H,1-5H3,(H2,23,30);1-4H. The van der Waals surface area contributed by atoms with Crippen LogP contribution < -0.4 is 24.8 Å². The number of aromatic nitrogens is 1. The predicted molar refractivity (Wildman–Crippen MR) is 146 cm³/mol. The maximum Gasteiger partial charge on any atom is 0.230 e. The number of carbonyl (C=O) groups excluding carboxylic acids is 1. The van der Waals surface area contributed by atoms with E-state index in [-0.39, 0.29) is 11.0 Å². The van der Waals surface area contributed by atoms with E-state index in [4.69, 9.17) is 32.2 Å². The Morgan fingerprint density at radius 3 is 2.08 bits per heavy atom. The van der Waals surface area contributed by atoms with Gasteiger partial charge in [0.2, 0.25) is 5.91 Å². The molecule has 3 aromatic rings. The van der Waals surface area contributed by atoms with E-state index in [9.17, 15) is 4.79 Å². The van der Waals surface area contributed by atoms with E-state index in [0.29, 0.717) is 34.2 Å². The van der Waals surface area contributed by atoms with Crippen molar-refractivity contribution < 1.29 is 19.0 Å². The van der Waals surface area contributed by atoms with E-state index in [1.54, 1.807) is 32.5 Å². The number of amides is 1. The van der Waals surface area contributed by atoms with E-state index in [2.05, 4.69) is 29.2 Å². The lowest BCUT2D eigenvalue weighted by Gasteiger charge is -2.23. The number of pyridine rings is 1. The fourth-order valence-corrected chi connectivity index (χ4v) is 4.13. The first-order valence-corrected chi connectivity index (χ1v) is 11.6. The van der Waals surface area contributed by atoms with Gasteiger partial charge in [0.1, 0.15) is 11.5 Å². The highest BCUT2D eigenvalue weighted by molar-refractivity contribution is 7.80. The van der Waals surface area contributed by atoms with Crippen LogP contribution in [0.4, 0.5) is 5.69 Å². The first-order valence-electron chi connectivity index (χ1n) is 11.2. The summed E-state index contributed by atoms with van der Waals surface area (Å²) in [4.78, 5) is 17.7. The fraction of sp³-hybridized carbons (Fsp3) is 0.179. The van der Waals surface area contributed by atoms with Crippen LogP contribution in [-0.2, 0) is 4.79 Å². The highest BCUT2D eigenvalue weighted by Crippen LogP contribution is 2.38. The Bertz CT molecular complexity index is 1450. The molecule has 0 saturated carbocycles. The Labute approximate surface area is 215 Å². The van der Waals surface area contributed by atoms with Gasteiger partial charge in [0, 0.05) is 24.6 Å². The molecule has 5 rings (SSSR count). The lowest BCUT2D eigenvalue weighted by atomic mass is 10.1. The van der Waals surface area contributed by atoms with Crippen molar-refractivity contribution in [2.75, 3.05) is 19.1 Å². The summed E-state index contributed by atoms with van der Waals surface area (Å²) < 4.78 is 17.0. The molecule has 36 heavy (non-hydrogen) atoms. The van der Waals surface area contributed by atoms with Crippen LogP contribution in [0, 0.1) is 13.8 Å². The number of aryl methyl sites for hydroxylation is 2. The molecule has 0 atom stereocenters. The van der Waals surface area contributed by atoms with E-state index < -0.39 is 0 Å². The van der Waals surface area contributed by atoms with Gasteiger partial charge in [-0.3, -0.25) is 14.7 Å². The summed E-state index contributed by atoms with van der Waals surface area (Å²) in [5.41, 5.74) is 11.6. The third kappa shape index (κ3) is 5.08. The van der Waals surface area contributed by atoms with Crippen molar-refractivity contribution in [2.45, 2.75) is 20.8 Å². The second kappa shape index (κ2) is 10.2. The molecule has 7 nitrogen and oxygen atoms in total. The van der Waals surface area contributed by atoms with E-state index in [0.717, 1.165) is 16.5 Å². The highest BCUT2D eigenvalue weighted by Gasteiger charge is 2.19. The van der Waals surface area contributed by atoms with Gasteiger partial charge >= 0.3 is 0 Å². The number of benzene rings is 3. The third-order valence-electron chi connectivity index (χ3n) is 5.81. The summed E-state index contributed by atoms with van der Waals surface area (Å²) in [6.45, 7) is 5.18. The van der Waals surface area contributed by atoms with Gasteiger partial charge in [-0.25, -0.2) is 0 Å². The van der Waals surface area contributed by atoms with Gasteiger partial charge in [-0.15, -0.1) is 0 Å². The molecule has 2 aliphatic carbocycles. The molecule has 1 amide bonds. The molecule has 0 radical (unpaired) electrons. The molecule has 184 valence electrons. The van der Waals surface area contributed by atoms with Gasteiger partial charge in [-0.2, -0.15) is 0 Å². The largest absolute Gasteiger partial charge is 0.493 e. The predicted octanol–water partition coefficient (Wildman–Crippen LogP) is 5.92. The van der Waals surface area contributed by atoms with Crippen LogP contribution in [0.2, 0.25) is 0 Å². The number of nitrogens with zero attached hydrogens (tertiary/aromatic N) is 2. The molecule has 2 N–H and O–H groups in total. The van der Waals surface area contributed by atoms with Gasteiger partial charge in [0.05, 0.1) is 25.4 Å². The quantitative estimate of drug-likeness (QED) is 0.299. The molecule has 2 aliphatic rings. The average Bonchev–Trinajstić information content (AvgIpc) is 3.45. The summed E-state index contributed by atoms with van der Waals surface area (Å²) in [5, 5.41) is 0.782. The number of thiocarbonyl (C=S) groups is 1. The molecule has 0 aliphatic heterocycles. The summed E-state index contributed by atoms with van der Waals surface area (Å²) >= 11 is 5.04. The van der Waals surface area contributed by atoms with Crippen LogP contribution in [0.1, 0.15) is 18.1 Å². The number of hydrogen-bond donors (Lipinski definition) is 1. The number of nitrogens with two attached hydrogens (primary N) is 1. The molecule has 2 aromatic carbocycles. The minimum absolute atomic E-state index is 0.000150.